The molecule has 0 aromatic carbocycles. The number of unbranched alkanes of at least 4 members (excludes halogenated alkanes) is 26. The second-order valence-electron chi connectivity index (χ2n) is 20.3. The first-order valence-corrected chi connectivity index (χ1v) is 29.7. The molecule has 1 aliphatic heterocycles. The van der Waals surface area contributed by atoms with Crippen molar-refractivity contribution < 1.29 is 49.3 Å². The first kappa shape index (κ1) is 68.1. The molecular formula is C62H109NO10. The Balaban J connectivity index is 2.08. The van der Waals surface area contributed by atoms with Crippen LogP contribution < -0.4 is 5.32 Å². The Hall–Kier alpha value is -2.90. The number of ether oxygens (including phenoxy) is 3. The lowest BCUT2D eigenvalue weighted by atomic mass is 9.99. The normalized spacial score (nSPS) is 19.5. The van der Waals surface area contributed by atoms with E-state index >= 15 is 0 Å². The van der Waals surface area contributed by atoms with Gasteiger partial charge in [-0.3, -0.25) is 9.59 Å². The Labute approximate surface area is 445 Å². The third-order valence-corrected chi connectivity index (χ3v) is 13.5. The number of hydrogen-bond donors (Lipinski definition) is 6. The van der Waals surface area contributed by atoms with Crippen LogP contribution in [0.2, 0.25) is 0 Å². The molecule has 73 heavy (non-hydrogen) atoms. The maximum absolute atomic E-state index is 13.0. The predicted molar refractivity (Wildman–Crippen MR) is 301 cm³/mol. The van der Waals surface area contributed by atoms with Crippen LogP contribution in [0.25, 0.3) is 0 Å². The smallest absolute Gasteiger partial charge is 0.305 e. The van der Waals surface area contributed by atoms with Crippen LogP contribution in [-0.2, 0) is 23.8 Å². The summed E-state index contributed by atoms with van der Waals surface area (Å²) in [6.07, 6.45) is 57.3. The number of carbonyl (C=O) groups excluding carboxylic acids is 2. The van der Waals surface area contributed by atoms with Crippen molar-refractivity contribution in [2.45, 2.75) is 288 Å². The zero-order chi connectivity index (χ0) is 53.1. The third kappa shape index (κ3) is 41.0. The minimum Gasteiger partial charge on any atom is -0.465 e. The molecule has 0 aliphatic carbocycles. The molecule has 7 unspecified atom stereocenters. The molecule has 0 saturated carbocycles. The third-order valence-electron chi connectivity index (χ3n) is 13.5. The van der Waals surface area contributed by atoms with Crippen LogP contribution in [-0.4, -0.2) is 100 Å². The Kier molecular flexibility index (Phi) is 47.8. The fraction of sp³-hybridized carbons (Fsp3) is 0.774. The van der Waals surface area contributed by atoms with Crippen LogP contribution in [0.3, 0.4) is 0 Å². The number of hydrogen-bond acceptors (Lipinski definition) is 10. The van der Waals surface area contributed by atoms with Crippen molar-refractivity contribution >= 4 is 11.9 Å². The van der Waals surface area contributed by atoms with Crippen molar-refractivity contribution in [3.05, 3.63) is 72.9 Å². The van der Waals surface area contributed by atoms with Gasteiger partial charge >= 0.3 is 5.97 Å². The number of carbonyl (C=O) groups is 2. The predicted octanol–water partition coefficient (Wildman–Crippen LogP) is 13.6. The Bertz CT molecular complexity index is 1440. The molecule has 7 atom stereocenters. The number of esters is 1. The van der Waals surface area contributed by atoms with E-state index in [9.17, 15) is 35.1 Å². The van der Waals surface area contributed by atoms with Crippen molar-refractivity contribution in [1.82, 2.24) is 5.32 Å². The van der Waals surface area contributed by atoms with Crippen LogP contribution in [0, 0.1) is 0 Å². The van der Waals surface area contributed by atoms with Gasteiger partial charge in [0.25, 0.3) is 0 Å². The number of aliphatic hydroxyl groups excluding tert-OH is 5. The van der Waals surface area contributed by atoms with Crippen LogP contribution in [0.15, 0.2) is 72.9 Å². The van der Waals surface area contributed by atoms with Gasteiger partial charge in [0.2, 0.25) is 5.91 Å². The second-order valence-corrected chi connectivity index (χ2v) is 20.3. The minimum atomic E-state index is -1.58. The second kappa shape index (κ2) is 51.2. The molecule has 1 fully saturated rings. The van der Waals surface area contributed by atoms with Crippen LogP contribution in [0.4, 0.5) is 0 Å². The van der Waals surface area contributed by atoms with Crippen LogP contribution in [0.1, 0.15) is 245 Å². The molecule has 0 bridgehead atoms. The number of nitrogens with one attached hydrogen (secondary N) is 1. The average molecular weight is 1030 g/mol. The van der Waals surface area contributed by atoms with Crippen molar-refractivity contribution in [2.75, 3.05) is 19.8 Å². The zero-order valence-corrected chi connectivity index (χ0v) is 46.3. The van der Waals surface area contributed by atoms with Gasteiger partial charge in [0.1, 0.15) is 24.4 Å². The number of rotatable bonds is 50. The van der Waals surface area contributed by atoms with Gasteiger partial charge in [-0.2, -0.15) is 0 Å². The molecule has 1 rings (SSSR count). The highest BCUT2D eigenvalue weighted by Gasteiger charge is 2.44. The quantitative estimate of drug-likeness (QED) is 0.0195. The van der Waals surface area contributed by atoms with Gasteiger partial charge in [-0.15, -0.1) is 0 Å². The van der Waals surface area contributed by atoms with Gasteiger partial charge < -0.3 is 45.1 Å². The molecule has 1 saturated heterocycles. The maximum Gasteiger partial charge on any atom is 0.305 e. The molecule has 1 aliphatic rings. The average Bonchev–Trinajstić information content (AvgIpc) is 3.39. The molecule has 6 N–H and O–H groups in total. The van der Waals surface area contributed by atoms with E-state index in [0.717, 1.165) is 89.9 Å². The molecule has 0 aromatic rings. The standard InChI is InChI=1S/C62H109NO10/c1-3-5-7-9-11-13-15-25-30-34-38-42-46-50-58(67)71-51-47-43-39-35-31-27-24-22-20-18-16-17-19-21-23-26-29-33-37-41-45-49-57(66)63-54(53-72-62-61(70)60(69)59(68)56(52-64)73-62)55(65)48-44-40-36-32-28-14-12-10-8-6-4-2/h7,9,13,15,27-28,31-32,39,43-44,48,54-56,59-62,64-65,68-70H,3-6,8,10-12,14,16-26,29-30,33-38,40-42,45-47,49-53H2,1-2H3,(H,63,66)/b9-7-,15-13-,31-27-,32-28+,43-39-,48-44+. The molecule has 422 valence electrons. The number of allylic oxidation sites excluding steroid dienone is 10. The lowest BCUT2D eigenvalue weighted by molar-refractivity contribution is -0.302. The molecule has 1 amide bonds. The van der Waals surface area contributed by atoms with Crippen molar-refractivity contribution in [3.8, 4) is 0 Å². The van der Waals surface area contributed by atoms with Gasteiger partial charge in [0.05, 0.1) is 32.0 Å². The summed E-state index contributed by atoms with van der Waals surface area (Å²) in [5.41, 5.74) is 0. The van der Waals surface area contributed by atoms with Gasteiger partial charge in [-0.1, -0.05) is 215 Å². The summed E-state index contributed by atoms with van der Waals surface area (Å²) in [5, 5.41) is 54.3. The summed E-state index contributed by atoms with van der Waals surface area (Å²) in [7, 11) is 0. The van der Waals surface area contributed by atoms with E-state index in [2.05, 4.69) is 79.9 Å². The van der Waals surface area contributed by atoms with Crippen LogP contribution >= 0.6 is 0 Å². The minimum absolute atomic E-state index is 0.0654. The highest BCUT2D eigenvalue weighted by Crippen LogP contribution is 2.23. The lowest BCUT2D eigenvalue weighted by Crippen LogP contribution is -2.60. The fourth-order valence-corrected chi connectivity index (χ4v) is 8.80. The molecule has 11 heteroatoms. The highest BCUT2D eigenvalue weighted by molar-refractivity contribution is 5.76. The topological polar surface area (TPSA) is 175 Å². The largest absolute Gasteiger partial charge is 0.465 e. The van der Waals surface area contributed by atoms with E-state index < -0.39 is 49.5 Å². The SMILES string of the molecule is CCC/C=C\C/C=C\CCCCCCCC(=O)OCC/C=C\C/C=C\CCCCCCCCCCCCCCCCC(=O)NC(COC1OC(CO)C(O)C(O)C1O)C(O)/C=C/CC/C=C/CCCCCCC. The van der Waals surface area contributed by atoms with Gasteiger partial charge in [-0.25, -0.2) is 0 Å². The summed E-state index contributed by atoms with van der Waals surface area (Å²) in [4.78, 5) is 25.0. The van der Waals surface area contributed by atoms with Crippen LogP contribution in [0.5, 0.6) is 0 Å². The van der Waals surface area contributed by atoms with Gasteiger partial charge in [0, 0.05) is 12.8 Å². The highest BCUT2D eigenvalue weighted by atomic mass is 16.7. The first-order chi connectivity index (χ1) is 35.7. The Morgan fingerprint density at radius 1 is 0.507 bits per heavy atom. The zero-order valence-electron chi connectivity index (χ0n) is 46.3. The molecule has 0 radical (unpaired) electrons. The monoisotopic (exact) mass is 1030 g/mol. The molecule has 0 aromatic heterocycles. The van der Waals surface area contributed by atoms with E-state index in [1.165, 1.54) is 128 Å². The summed E-state index contributed by atoms with van der Waals surface area (Å²) in [6.45, 7) is 4.11. The van der Waals surface area contributed by atoms with E-state index in [-0.39, 0.29) is 18.5 Å². The number of aliphatic hydroxyl groups is 5. The fourth-order valence-electron chi connectivity index (χ4n) is 8.80. The van der Waals surface area contributed by atoms with E-state index in [0.29, 0.717) is 19.4 Å². The summed E-state index contributed by atoms with van der Waals surface area (Å²) in [5.74, 6) is -0.265. The summed E-state index contributed by atoms with van der Waals surface area (Å²) in [6, 6.07) is -0.832. The molecule has 11 nitrogen and oxygen atoms in total. The van der Waals surface area contributed by atoms with Gasteiger partial charge in [-0.05, 0) is 89.9 Å². The Morgan fingerprint density at radius 2 is 0.959 bits per heavy atom. The summed E-state index contributed by atoms with van der Waals surface area (Å²) >= 11 is 0. The van der Waals surface area contributed by atoms with E-state index in [1.807, 2.05) is 6.08 Å². The molecular weight excluding hydrogens is 919 g/mol. The van der Waals surface area contributed by atoms with Gasteiger partial charge in [0.15, 0.2) is 6.29 Å². The van der Waals surface area contributed by atoms with Crippen molar-refractivity contribution in [3.63, 3.8) is 0 Å². The Morgan fingerprint density at radius 3 is 1.49 bits per heavy atom. The molecule has 1 heterocycles. The maximum atomic E-state index is 13.0. The molecule has 0 spiro atoms. The van der Waals surface area contributed by atoms with E-state index in [1.54, 1.807) is 6.08 Å². The van der Waals surface area contributed by atoms with E-state index in [4.69, 9.17) is 14.2 Å². The van der Waals surface area contributed by atoms with Crippen molar-refractivity contribution in [2.24, 2.45) is 0 Å². The lowest BCUT2D eigenvalue weighted by Gasteiger charge is -2.40. The first-order valence-electron chi connectivity index (χ1n) is 29.7. The number of amides is 1. The van der Waals surface area contributed by atoms with Crippen molar-refractivity contribution in [1.29, 1.82) is 0 Å². The summed E-state index contributed by atoms with van der Waals surface area (Å²) < 4.78 is 16.6.